The van der Waals surface area contributed by atoms with E-state index >= 15 is 0 Å². The molecule has 1 aromatic heterocycles. The summed E-state index contributed by atoms with van der Waals surface area (Å²) in [7, 11) is 1.42. The lowest BCUT2D eigenvalue weighted by atomic mass is 10.1. The van der Waals surface area contributed by atoms with Crippen molar-refractivity contribution in [2.75, 3.05) is 13.7 Å². The van der Waals surface area contributed by atoms with Crippen LogP contribution in [0.2, 0.25) is 0 Å². The average Bonchev–Trinajstić information content (AvgIpc) is 2.68. The molecule has 0 fully saturated rings. The number of hydrogen-bond donors (Lipinski definition) is 1. The van der Waals surface area contributed by atoms with Gasteiger partial charge in [0.1, 0.15) is 23.9 Å². The molecular weight excluding hydrogens is 368 g/mol. The molecule has 1 amide bonds. The Morgan fingerprint density at radius 3 is 2.75 bits per heavy atom. The van der Waals surface area contributed by atoms with Crippen molar-refractivity contribution >= 4 is 5.91 Å². The lowest BCUT2D eigenvalue weighted by Crippen LogP contribution is -2.34. The van der Waals surface area contributed by atoms with Crippen LogP contribution in [0.4, 0.5) is 8.78 Å². The van der Waals surface area contributed by atoms with Gasteiger partial charge in [0.25, 0.3) is 5.56 Å². The van der Waals surface area contributed by atoms with E-state index in [0.717, 1.165) is 16.8 Å². The molecule has 0 atom stereocenters. The summed E-state index contributed by atoms with van der Waals surface area (Å²) in [6.07, 6.45) is 2.14. The Morgan fingerprint density at radius 1 is 1.36 bits per heavy atom. The van der Waals surface area contributed by atoms with Crippen molar-refractivity contribution in [2.45, 2.75) is 6.54 Å². The van der Waals surface area contributed by atoms with Gasteiger partial charge in [-0.15, -0.1) is 0 Å². The van der Waals surface area contributed by atoms with Crippen LogP contribution in [0.1, 0.15) is 0 Å². The molecule has 0 saturated carbocycles. The number of halogens is 2. The Balaban J connectivity index is 2.13. The Kier molecular flexibility index (Phi) is 6.97. The number of nitrogens with zero attached hydrogens (tertiary/aromatic N) is 2. The van der Waals surface area contributed by atoms with E-state index < -0.39 is 23.1 Å². The van der Waals surface area contributed by atoms with Gasteiger partial charge < -0.3 is 10.1 Å². The van der Waals surface area contributed by atoms with E-state index in [1.54, 1.807) is 6.07 Å². The van der Waals surface area contributed by atoms with E-state index in [2.05, 4.69) is 23.6 Å². The number of allylic oxidation sites excluding steroid dienone is 2. The maximum Gasteiger partial charge on any atom is 0.267 e. The molecule has 0 aliphatic heterocycles. The van der Waals surface area contributed by atoms with Crippen molar-refractivity contribution in [3.8, 4) is 17.0 Å². The van der Waals surface area contributed by atoms with Crippen molar-refractivity contribution < 1.29 is 18.3 Å². The smallest absolute Gasteiger partial charge is 0.267 e. The van der Waals surface area contributed by atoms with Crippen LogP contribution < -0.4 is 15.6 Å². The Bertz CT molecular complexity index is 996. The molecule has 0 aliphatic rings. The fourth-order valence-electron chi connectivity index (χ4n) is 2.25. The highest BCUT2D eigenvalue weighted by molar-refractivity contribution is 5.76. The summed E-state index contributed by atoms with van der Waals surface area (Å²) in [5.74, 6) is -1.34. The van der Waals surface area contributed by atoms with Crippen molar-refractivity contribution in [1.29, 1.82) is 0 Å². The predicted octanol–water partition coefficient (Wildman–Crippen LogP) is 2.77. The monoisotopic (exact) mass is 387 g/mol. The van der Waals surface area contributed by atoms with Crippen LogP contribution in [0.15, 0.2) is 71.8 Å². The van der Waals surface area contributed by atoms with E-state index in [-0.39, 0.29) is 24.3 Å². The Hall–Kier alpha value is -3.55. The number of hydrogen-bond acceptors (Lipinski definition) is 4. The number of carbonyl (C=O) groups excluding carboxylic acids is 1. The molecule has 146 valence electrons. The van der Waals surface area contributed by atoms with Crippen molar-refractivity contribution in [2.24, 2.45) is 0 Å². The largest absolute Gasteiger partial charge is 0.497 e. The van der Waals surface area contributed by atoms with Gasteiger partial charge in [0.15, 0.2) is 0 Å². The number of benzene rings is 1. The molecule has 8 heteroatoms. The lowest BCUT2D eigenvalue weighted by molar-refractivity contribution is -0.121. The summed E-state index contributed by atoms with van der Waals surface area (Å²) in [4.78, 5) is 24.0. The number of amides is 1. The third-order valence-corrected chi connectivity index (χ3v) is 3.66. The Morgan fingerprint density at radius 2 is 2.11 bits per heavy atom. The molecule has 6 nitrogen and oxygen atoms in total. The van der Waals surface area contributed by atoms with E-state index in [1.807, 2.05) is 0 Å². The topological polar surface area (TPSA) is 73.2 Å². The highest BCUT2D eigenvalue weighted by Crippen LogP contribution is 2.23. The number of ether oxygens (including phenoxy) is 1. The molecule has 2 rings (SSSR count). The van der Waals surface area contributed by atoms with Gasteiger partial charge in [-0.3, -0.25) is 9.59 Å². The normalized spacial score (nSPS) is 11.0. The highest BCUT2D eigenvalue weighted by atomic mass is 19.1. The third kappa shape index (κ3) is 5.47. The average molecular weight is 387 g/mol. The van der Waals surface area contributed by atoms with Crippen molar-refractivity contribution in [1.82, 2.24) is 15.1 Å². The molecule has 1 aromatic carbocycles. The van der Waals surface area contributed by atoms with Gasteiger partial charge in [0.05, 0.1) is 12.8 Å². The lowest BCUT2D eigenvalue weighted by Gasteiger charge is -2.09. The fraction of sp³-hybridized carbons (Fsp3) is 0.150. The minimum absolute atomic E-state index is 0.0123. The first-order valence-electron chi connectivity index (χ1n) is 8.20. The van der Waals surface area contributed by atoms with Crippen molar-refractivity contribution in [3.63, 3.8) is 0 Å². The van der Waals surface area contributed by atoms with Crippen LogP contribution >= 0.6 is 0 Å². The van der Waals surface area contributed by atoms with Gasteiger partial charge in [0.2, 0.25) is 5.91 Å². The van der Waals surface area contributed by atoms with Gasteiger partial charge in [-0.1, -0.05) is 13.2 Å². The zero-order chi connectivity index (χ0) is 20.7. The molecule has 0 spiro atoms. The van der Waals surface area contributed by atoms with Crippen LogP contribution in [0, 0.1) is 5.82 Å². The summed E-state index contributed by atoms with van der Waals surface area (Å²) in [6, 6.07) is 6.78. The molecule has 0 saturated heterocycles. The molecule has 0 aliphatic carbocycles. The van der Waals surface area contributed by atoms with E-state index in [0.29, 0.717) is 11.3 Å². The number of carbonyl (C=O) groups is 1. The van der Waals surface area contributed by atoms with Gasteiger partial charge in [-0.2, -0.15) is 5.10 Å². The maximum absolute atomic E-state index is 14.2. The molecule has 1 heterocycles. The van der Waals surface area contributed by atoms with E-state index in [9.17, 15) is 18.4 Å². The molecule has 0 unspecified atom stereocenters. The molecule has 28 heavy (non-hydrogen) atoms. The molecule has 0 bridgehead atoms. The highest BCUT2D eigenvalue weighted by Gasteiger charge is 2.12. The minimum Gasteiger partial charge on any atom is -0.497 e. The SMILES string of the molecule is C=C/C(F)=C\C(=C)CNC(=O)Cn1nc(-c2ccc(OC)cc2F)ccc1=O. The molecule has 1 N–H and O–H groups in total. The van der Waals surface area contributed by atoms with E-state index in [1.165, 1.54) is 31.4 Å². The molecular formula is C20H19F2N3O3. The third-order valence-electron chi connectivity index (χ3n) is 3.66. The zero-order valence-corrected chi connectivity index (χ0v) is 15.2. The van der Waals surface area contributed by atoms with Crippen molar-refractivity contribution in [3.05, 3.63) is 83.2 Å². The first-order chi connectivity index (χ1) is 13.3. The first-order valence-corrected chi connectivity index (χ1v) is 8.20. The minimum atomic E-state index is -0.577. The van der Waals surface area contributed by atoms with Crippen LogP contribution in [-0.2, 0) is 11.3 Å². The number of methoxy groups -OCH3 is 1. The zero-order valence-electron chi connectivity index (χ0n) is 15.2. The first kappa shape index (κ1) is 20.8. The van der Waals surface area contributed by atoms with Gasteiger partial charge >= 0.3 is 0 Å². The van der Waals surface area contributed by atoms with Crippen LogP contribution in [0.5, 0.6) is 5.75 Å². The van der Waals surface area contributed by atoms with Gasteiger partial charge in [0, 0.05) is 24.2 Å². The number of aromatic nitrogens is 2. The predicted molar refractivity (Wildman–Crippen MR) is 102 cm³/mol. The summed E-state index contributed by atoms with van der Waals surface area (Å²) in [6.45, 7) is 6.48. The summed E-state index contributed by atoms with van der Waals surface area (Å²) in [5.41, 5.74) is 0.144. The maximum atomic E-state index is 14.2. The second-order valence-corrected chi connectivity index (χ2v) is 5.73. The van der Waals surface area contributed by atoms with Crippen LogP contribution in [0.3, 0.4) is 0 Å². The molecule has 0 radical (unpaired) electrons. The Labute approximate surface area is 160 Å². The molecule has 2 aromatic rings. The summed E-state index contributed by atoms with van der Waals surface area (Å²) >= 11 is 0. The summed E-state index contributed by atoms with van der Waals surface area (Å²) < 4.78 is 33.2. The van der Waals surface area contributed by atoms with E-state index in [4.69, 9.17) is 4.74 Å². The fourth-order valence-corrected chi connectivity index (χ4v) is 2.25. The summed E-state index contributed by atoms with van der Waals surface area (Å²) in [5, 5.41) is 6.54. The standard InChI is InChI=1S/C20H19F2N3O3/c1-4-14(21)9-13(2)11-23-19(26)12-25-20(27)8-7-18(24-25)16-6-5-15(28-3)10-17(16)22/h4-10H,1-2,11-12H2,3H3,(H,23,26)/b14-9+. The number of rotatable bonds is 8. The van der Waals surface area contributed by atoms with Gasteiger partial charge in [-0.25, -0.2) is 13.5 Å². The second-order valence-electron chi connectivity index (χ2n) is 5.73. The van der Waals surface area contributed by atoms with Gasteiger partial charge in [-0.05, 0) is 35.9 Å². The quantitative estimate of drug-likeness (QED) is 0.707. The second kappa shape index (κ2) is 9.40. The van der Waals surface area contributed by atoms with Crippen LogP contribution in [0.25, 0.3) is 11.3 Å². The number of nitrogens with one attached hydrogen (secondary N) is 1. The van der Waals surface area contributed by atoms with Crippen LogP contribution in [-0.4, -0.2) is 29.3 Å².